The van der Waals surface area contributed by atoms with Crippen molar-refractivity contribution < 1.29 is 4.89 Å². The SMILES string of the molecule is CN(C)C1=Nc2ccccc2P1(O)=S. The Hall–Kier alpha value is -0.700. The van der Waals surface area contributed by atoms with Crippen molar-refractivity contribution in [3.05, 3.63) is 24.3 Å². The van der Waals surface area contributed by atoms with Crippen molar-refractivity contribution in [3.63, 3.8) is 0 Å². The molecule has 0 amide bonds. The molecule has 0 spiro atoms. The zero-order valence-electron chi connectivity index (χ0n) is 8.01. The summed E-state index contributed by atoms with van der Waals surface area (Å²) in [7, 11) is 3.70. The molecule has 0 saturated heterocycles. The lowest BCUT2D eigenvalue weighted by molar-refractivity contribution is 0.608. The van der Waals surface area contributed by atoms with Crippen LogP contribution in [-0.2, 0) is 11.8 Å². The Morgan fingerprint density at radius 2 is 2.00 bits per heavy atom. The second-order valence-corrected chi connectivity index (χ2v) is 6.99. The molecule has 1 aliphatic heterocycles. The van der Waals surface area contributed by atoms with E-state index >= 15 is 0 Å². The van der Waals surface area contributed by atoms with Gasteiger partial charge in [0.15, 0.2) is 11.8 Å². The van der Waals surface area contributed by atoms with Crippen LogP contribution in [0, 0.1) is 0 Å². The molecule has 0 aromatic heterocycles. The van der Waals surface area contributed by atoms with Gasteiger partial charge in [0.2, 0.25) is 0 Å². The fourth-order valence-electron chi connectivity index (χ4n) is 1.47. The van der Waals surface area contributed by atoms with Gasteiger partial charge in [-0.25, -0.2) is 4.99 Å². The maximum Gasteiger partial charge on any atom is 0.167 e. The van der Waals surface area contributed by atoms with Gasteiger partial charge in [-0.1, -0.05) is 23.9 Å². The van der Waals surface area contributed by atoms with E-state index in [0.717, 1.165) is 11.0 Å². The first kappa shape index (κ1) is 9.84. The number of rotatable bonds is 0. The number of aliphatic imine (C=N–C) groups is 1. The van der Waals surface area contributed by atoms with Crippen LogP contribution in [0.5, 0.6) is 0 Å². The summed E-state index contributed by atoms with van der Waals surface area (Å²) in [5.41, 5.74) is 1.43. The van der Waals surface area contributed by atoms with E-state index in [4.69, 9.17) is 11.8 Å². The summed E-state index contributed by atoms with van der Waals surface area (Å²) in [5.74, 6) is 0. The van der Waals surface area contributed by atoms with E-state index in [1.165, 1.54) is 0 Å². The third-order valence-corrected chi connectivity index (χ3v) is 5.25. The average Bonchev–Trinajstić information content (AvgIpc) is 2.39. The number of hydrogen-bond donors (Lipinski definition) is 1. The molecule has 0 radical (unpaired) electrons. The van der Waals surface area contributed by atoms with E-state index in [9.17, 15) is 4.89 Å². The lowest BCUT2D eigenvalue weighted by atomic mass is 10.3. The fraction of sp³-hybridized carbons (Fsp3) is 0.222. The lowest BCUT2D eigenvalue weighted by Gasteiger charge is -2.18. The maximum absolute atomic E-state index is 10.2. The topological polar surface area (TPSA) is 35.8 Å². The van der Waals surface area contributed by atoms with Crippen LogP contribution in [0.4, 0.5) is 5.69 Å². The van der Waals surface area contributed by atoms with Crippen LogP contribution in [0.3, 0.4) is 0 Å². The summed E-state index contributed by atoms with van der Waals surface area (Å²) in [5, 5.41) is 0.804. The van der Waals surface area contributed by atoms with Gasteiger partial charge in [0, 0.05) is 19.4 Å². The van der Waals surface area contributed by atoms with E-state index in [0.29, 0.717) is 5.58 Å². The normalized spacial score (nSPS) is 24.4. The van der Waals surface area contributed by atoms with Crippen LogP contribution in [0.2, 0.25) is 0 Å². The molecule has 1 aromatic carbocycles. The molecule has 0 saturated carbocycles. The lowest BCUT2D eigenvalue weighted by Crippen LogP contribution is -2.22. The molecular weight excluding hydrogens is 215 g/mol. The first-order valence-electron chi connectivity index (χ1n) is 4.22. The summed E-state index contributed by atoms with van der Waals surface area (Å²) in [6.07, 6.45) is -2.59. The number of benzene rings is 1. The molecule has 1 unspecified atom stereocenters. The highest BCUT2D eigenvalue weighted by molar-refractivity contribution is 8.23. The largest absolute Gasteiger partial charge is 0.360 e. The van der Waals surface area contributed by atoms with Gasteiger partial charge in [0.05, 0.1) is 5.69 Å². The average molecular weight is 226 g/mol. The van der Waals surface area contributed by atoms with Crippen LogP contribution in [0.25, 0.3) is 0 Å². The molecule has 1 N–H and O–H groups in total. The minimum atomic E-state index is -2.59. The molecule has 3 nitrogen and oxygen atoms in total. The van der Waals surface area contributed by atoms with Gasteiger partial charge in [0.1, 0.15) is 0 Å². The standard InChI is InChI=1S/C9H11N2OPS/c1-11(2)9-10-7-5-3-4-6-8(7)13(9,12)14/h3-6H,1-2H3,(H,12,14). The van der Waals surface area contributed by atoms with E-state index in [-0.39, 0.29) is 0 Å². The van der Waals surface area contributed by atoms with Gasteiger partial charge in [-0.2, -0.15) is 0 Å². The first-order chi connectivity index (χ1) is 6.53. The van der Waals surface area contributed by atoms with Crippen LogP contribution in [0.1, 0.15) is 0 Å². The summed E-state index contributed by atoms with van der Waals surface area (Å²) >= 11 is 5.26. The Balaban J connectivity index is 2.62. The second kappa shape index (κ2) is 3.16. The van der Waals surface area contributed by atoms with Crippen LogP contribution in [0.15, 0.2) is 29.3 Å². The van der Waals surface area contributed by atoms with E-state index in [2.05, 4.69) is 4.99 Å². The quantitative estimate of drug-likeness (QED) is 0.676. The monoisotopic (exact) mass is 226 g/mol. The summed E-state index contributed by atoms with van der Waals surface area (Å²) in [6, 6.07) is 7.51. The van der Waals surface area contributed by atoms with Crippen LogP contribution >= 0.6 is 6.26 Å². The molecule has 0 aliphatic carbocycles. The van der Waals surface area contributed by atoms with Gasteiger partial charge >= 0.3 is 0 Å². The summed E-state index contributed by atoms with van der Waals surface area (Å²) in [6.45, 7) is 0. The number of nitrogens with zero attached hydrogens (tertiary/aromatic N) is 2. The van der Waals surface area contributed by atoms with E-state index in [1.807, 2.05) is 38.4 Å². The Kier molecular flexibility index (Phi) is 2.22. The number of hydrogen-bond acceptors (Lipinski definition) is 3. The highest BCUT2D eigenvalue weighted by Gasteiger charge is 2.33. The molecule has 1 atom stereocenters. The summed E-state index contributed by atoms with van der Waals surface area (Å²) < 4.78 is 0. The number of fused-ring (bicyclic) bond motifs is 1. The summed E-state index contributed by atoms with van der Waals surface area (Å²) in [4.78, 5) is 16.4. The molecule has 5 heteroatoms. The Morgan fingerprint density at radius 1 is 1.36 bits per heavy atom. The van der Waals surface area contributed by atoms with Gasteiger partial charge in [-0.05, 0) is 12.1 Å². The molecule has 74 valence electrons. The Labute approximate surface area is 88.2 Å². The molecular formula is C9H11N2OPS. The van der Waals surface area contributed by atoms with Gasteiger partial charge in [-0.15, -0.1) is 0 Å². The first-order valence-corrected chi connectivity index (χ1v) is 6.98. The zero-order chi connectivity index (χ0) is 10.3. The van der Waals surface area contributed by atoms with Gasteiger partial charge in [-0.3, -0.25) is 0 Å². The van der Waals surface area contributed by atoms with Crippen LogP contribution in [-0.4, -0.2) is 29.5 Å². The molecule has 1 aliphatic rings. The molecule has 0 fully saturated rings. The van der Waals surface area contributed by atoms with Crippen molar-refractivity contribution in [2.24, 2.45) is 4.99 Å². The van der Waals surface area contributed by atoms with E-state index in [1.54, 1.807) is 4.90 Å². The van der Waals surface area contributed by atoms with Crippen molar-refractivity contribution in [1.82, 2.24) is 4.90 Å². The predicted molar refractivity (Wildman–Crippen MR) is 63.4 cm³/mol. The maximum atomic E-state index is 10.2. The van der Waals surface area contributed by atoms with Crippen molar-refractivity contribution in [2.45, 2.75) is 0 Å². The van der Waals surface area contributed by atoms with Crippen molar-refractivity contribution >= 4 is 34.6 Å². The molecule has 1 aromatic rings. The van der Waals surface area contributed by atoms with Crippen molar-refractivity contribution in [2.75, 3.05) is 14.1 Å². The molecule has 2 rings (SSSR count). The predicted octanol–water partition coefficient (Wildman–Crippen LogP) is 1.26. The second-order valence-electron chi connectivity index (χ2n) is 3.37. The molecule has 14 heavy (non-hydrogen) atoms. The Bertz CT molecular complexity index is 456. The Morgan fingerprint density at radius 3 is 2.57 bits per heavy atom. The molecule has 0 bridgehead atoms. The number of para-hydroxylation sites is 1. The molecule has 1 heterocycles. The fourth-order valence-corrected chi connectivity index (χ4v) is 4.27. The third kappa shape index (κ3) is 1.31. The van der Waals surface area contributed by atoms with Crippen molar-refractivity contribution in [1.29, 1.82) is 0 Å². The number of amidine groups is 1. The highest BCUT2D eigenvalue weighted by atomic mass is 32.4. The van der Waals surface area contributed by atoms with Crippen molar-refractivity contribution in [3.8, 4) is 0 Å². The van der Waals surface area contributed by atoms with E-state index < -0.39 is 6.26 Å². The smallest absolute Gasteiger partial charge is 0.167 e. The minimum absolute atomic E-state index is 0.619. The highest BCUT2D eigenvalue weighted by Crippen LogP contribution is 2.50. The zero-order valence-corrected chi connectivity index (χ0v) is 9.72. The third-order valence-electron chi connectivity index (χ3n) is 2.10. The van der Waals surface area contributed by atoms with Gasteiger partial charge < -0.3 is 9.79 Å². The van der Waals surface area contributed by atoms with Crippen LogP contribution < -0.4 is 5.30 Å². The van der Waals surface area contributed by atoms with Gasteiger partial charge in [0.25, 0.3) is 0 Å². The minimum Gasteiger partial charge on any atom is -0.360 e.